The second kappa shape index (κ2) is 5.23. The molecule has 15 heavy (non-hydrogen) atoms. The topological polar surface area (TPSA) is 52.3 Å². The molecule has 0 spiro atoms. The Morgan fingerprint density at radius 2 is 1.87 bits per heavy atom. The van der Waals surface area contributed by atoms with Gasteiger partial charge in [-0.25, -0.2) is 0 Å². The average Bonchev–Trinajstić information content (AvgIpc) is 2.11. The lowest BCUT2D eigenvalue weighted by atomic mass is 10.2. The van der Waals surface area contributed by atoms with Crippen LogP contribution < -0.4 is 5.73 Å². The molecule has 0 aromatic rings. The van der Waals surface area contributed by atoms with Gasteiger partial charge in [0, 0.05) is 0 Å². The summed E-state index contributed by atoms with van der Waals surface area (Å²) in [4.78, 5) is 11.5. The van der Waals surface area contributed by atoms with Gasteiger partial charge in [-0.2, -0.15) is 0 Å². The van der Waals surface area contributed by atoms with Gasteiger partial charge >= 0.3 is 0 Å². The smallest absolute Gasteiger partial charge is 0.193 e. The molecule has 0 heterocycles. The van der Waals surface area contributed by atoms with Gasteiger partial charge in [-0.15, -0.1) is 0 Å². The Morgan fingerprint density at radius 1 is 1.40 bits per heavy atom. The zero-order valence-electron chi connectivity index (χ0n) is 10.9. The van der Waals surface area contributed by atoms with Crippen molar-refractivity contribution in [3.63, 3.8) is 0 Å². The normalized spacial score (nSPS) is 15.1. The molecule has 0 aromatic heterocycles. The molecule has 0 aromatic carbocycles. The lowest BCUT2D eigenvalue weighted by molar-refractivity contribution is -0.125. The predicted molar refractivity (Wildman–Crippen MR) is 66.4 cm³/mol. The number of carbonyl (C=O) groups excluding carboxylic acids is 1. The number of hydrogen-bond donors (Lipinski definition) is 1. The largest absolute Gasteiger partial charge is 0.407 e. The molecule has 4 heteroatoms. The van der Waals surface area contributed by atoms with E-state index < -0.39 is 8.32 Å². The first-order valence-corrected chi connectivity index (χ1v) is 8.47. The van der Waals surface area contributed by atoms with Crippen LogP contribution in [0.25, 0.3) is 0 Å². The van der Waals surface area contributed by atoms with E-state index in [9.17, 15) is 4.79 Å². The van der Waals surface area contributed by atoms with E-state index in [0.29, 0.717) is 6.42 Å². The molecule has 1 atom stereocenters. The van der Waals surface area contributed by atoms with Gasteiger partial charge in [0.15, 0.2) is 14.1 Å². The molecule has 0 bridgehead atoms. The standard InChI is InChI=1S/C11H25NO2Si/c1-7-10(9(13)8-12)14-15(5,6)11(2,3)4/h10H,7-8,12H2,1-6H3. The summed E-state index contributed by atoms with van der Waals surface area (Å²) < 4.78 is 6.01. The van der Waals surface area contributed by atoms with E-state index in [-0.39, 0.29) is 23.5 Å². The van der Waals surface area contributed by atoms with E-state index in [4.69, 9.17) is 10.2 Å². The number of carbonyl (C=O) groups is 1. The van der Waals surface area contributed by atoms with E-state index in [2.05, 4.69) is 33.9 Å². The van der Waals surface area contributed by atoms with Gasteiger partial charge in [0.25, 0.3) is 0 Å². The van der Waals surface area contributed by atoms with Gasteiger partial charge in [-0.1, -0.05) is 27.7 Å². The van der Waals surface area contributed by atoms with Crippen LogP contribution in [0.1, 0.15) is 34.1 Å². The summed E-state index contributed by atoms with van der Waals surface area (Å²) in [5.74, 6) is 0.0160. The summed E-state index contributed by atoms with van der Waals surface area (Å²) in [6.45, 7) is 12.8. The van der Waals surface area contributed by atoms with Crippen molar-refractivity contribution in [2.75, 3.05) is 6.54 Å². The third-order valence-electron chi connectivity index (χ3n) is 3.17. The summed E-state index contributed by atoms with van der Waals surface area (Å²) in [6.07, 6.45) is 0.401. The number of rotatable bonds is 5. The van der Waals surface area contributed by atoms with Gasteiger partial charge in [0.2, 0.25) is 0 Å². The predicted octanol–water partition coefficient (Wildman–Crippen LogP) is 2.31. The zero-order chi connectivity index (χ0) is 12.3. The third kappa shape index (κ3) is 4.05. The van der Waals surface area contributed by atoms with Crippen LogP contribution in [0.2, 0.25) is 18.1 Å². The zero-order valence-corrected chi connectivity index (χ0v) is 11.9. The molecule has 0 aliphatic rings. The Hall–Kier alpha value is -0.193. The highest BCUT2D eigenvalue weighted by Gasteiger charge is 2.39. The monoisotopic (exact) mass is 231 g/mol. The van der Waals surface area contributed by atoms with E-state index in [1.807, 2.05) is 6.92 Å². The molecule has 0 aliphatic heterocycles. The van der Waals surface area contributed by atoms with Crippen molar-refractivity contribution >= 4 is 14.1 Å². The van der Waals surface area contributed by atoms with Crippen molar-refractivity contribution in [3.8, 4) is 0 Å². The quantitative estimate of drug-likeness (QED) is 0.739. The first kappa shape index (κ1) is 14.8. The average molecular weight is 231 g/mol. The number of Topliss-reactive ketones (excluding diaryl/α,β-unsaturated/α-hetero) is 1. The van der Waals surface area contributed by atoms with Crippen molar-refractivity contribution in [2.45, 2.75) is 58.4 Å². The molecule has 2 N–H and O–H groups in total. The van der Waals surface area contributed by atoms with Crippen LogP contribution in [0.3, 0.4) is 0 Å². The molecule has 90 valence electrons. The van der Waals surface area contributed by atoms with E-state index in [1.165, 1.54) is 0 Å². The molecule has 0 saturated heterocycles. The van der Waals surface area contributed by atoms with Crippen molar-refractivity contribution in [1.82, 2.24) is 0 Å². The first-order chi connectivity index (χ1) is 6.65. The fraction of sp³-hybridized carbons (Fsp3) is 0.909. The van der Waals surface area contributed by atoms with Crippen LogP contribution in [0.4, 0.5) is 0 Å². The second-order valence-corrected chi connectivity index (χ2v) is 10.2. The van der Waals surface area contributed by atoms with Crippen molar-refractivity contribution in [2.24, 2.45) is 5.73 Å². The maximum absolute atomic E-state index is 11.5. The number of hydrogen-bond acceptors (Lipinski definition) is 3. The van der Waals surface area contributed by atoms with Crippen LogP contribution in [-0.2, 0) is 9.22 Å². The summed E-state index contributed by atoms with van der Waals surface area (Å²) in [5, 5.41) is 0.134. The van der Waals surface area contributed by atoms with Crippen molar-refractivity contribution in [3.05, 3.63) is 0 Å². The van der Waals surface area contributed by atoms with Crippen molar-refractivity contribution in [1.29, 1.82) is 0 Å². The highest BCUT2D eigenvalue weighted by Crippen LogP contribution is 2.37. The maximum atomic E-state index is 11.5. The minimum atomic E-state index is -1.84. The lowest BCUT2D eigenvalue weighted by Gasteiger charge is -2.38. The molecular formula is C11H25NO2Si. The van der Waals surface area contributed by atoms with Crippen LogP contribution in [0.15, 0.2) is 0 Å². The molecule has 0 rings (SSSR count). The molecule has 0 fully saturated rings. The van der Waals surface area contributed by atoms with Crippen molar-refractivity contribution < 1.29 is 9.22 Å². The lowest BCUT2D eigenvalue weighted by Crippen LogP contribution is -2.46. The van der Waals surface area contributed by atoms with E-state index >= 15 is 0 Å². The van der Waals surface area contributed by atoms with Gasteiger partial charge in [0.1, 0.15) is 6.10 Å². The Balaban J connectivity index is 4.62. The molecular weight excluding hydrogens is 206 g/mol. The van der Waals surface area contributed by atoms with Gasteiger partial charge in [0.05, 0.1) is 6.54 Å². The fourth-order valence-electron chi connectivity index (χ4n) is 1.04. The molecule has 0 saturated carbocycles. The molecule has 3 nitrogen and oxygen atoms in total. The Morgan fingerprint density at radius 3 is 2.13 bits per heavy atom. The minimum absolute atomic E-state index is 0.0160. The highest BCUT2D eigenvalue weighted by molar-refractivity contribution is 6.74. The Kier molecular flexibility index (Phi) is 5.16. The Labute approximate surface area is 94.5 Å². The number of nitrogens with two attached hydrogens (primary N) is 1. The van der Waals surface area contributed by atoms with E-state index in [0.717, 1.165) is 0 Å². The molecule has 1 unspecified atom stereocenters. The van der Waals surface area contributed by atoms with Gasteiger partial charge < -0.3 is 10.2 Å². The summed E-state index contributed by atoms with van der Waals surface area (Å²) >= 11 is 0. The first-order valence-electron chi connectivity index (χ1n) is 5.56. The highest BCUT2D eigenvalue weighted by atomic mass is 28.4. The van der Waals surface area contributed by atoms with Crippen LogP contribution in [-0.4, -0.2) is 26.7 Å². The fourth-order valence-corrected chi connectivity index (χ4v) is 2.40. The molecule has 0 aliphatic carbocycles. The van der Waals surface area contributed by atoms with Gasteiger partial charge in [-0.3, -0.25) is 4.79 Å². The maximum Gasteiger partial charge on any atom is 0.193 e. The van der Waals surface area contributed by atoms with Crippen LogP contribution >= 0.6 is 0 Å². The minimum Gasteiger partial charge on any atom is -0.407 e. The Bertz CT molecular complexity index is 221. The van der Waals surface area contributed by atoms with Crippen LogP contribution in [0.5, 0.6) is 0 Å². The summed E-state index contributed by atoms with van der Waals surface area (Å²) in [5.41, 5.74) is 5.36. The SMILES string of the molecule is CCC(O[Si](C)(C)C(C)(C)C)C(=O)CN. The summed E-state index contributed by atoms with van der Waals surface area (Å²) in [7, 11) is -1.84. The third-order valence-corrected chi connectivity index (χ3v) is 7.66. The molecule has 0 amide bonds. The van der Waals surface area contributed by atoms with E-state index in [1.54, 1.807) is 0 Å². The molecule has 0 radical (unpaired) electrons. The van der Waals surface area contributed by atoms with Crippen LogP contribution in [0, 0.1) is 0 Å². The summed E-state index contributed by atoms with van der Waals surface area (Å²) in [6, 6.07) is 0. The second-order valence-electron chi connectivity index (χ2n) is 5.45. The number of ketones is 1. The van der Waals surface area contributed by atoms with Gasteiger partial charge in [-0.05, 0) is 24.6 Å².